The van der Waals surface area contributed by atoms with Crippen molar-refractivity contribution < 1.29 is 14.2 Å². The zero-order valence-electron chi connectivity index (χ0n) is 84.9. The smallest absolute Gasteiger partial charge is 0.0989 e. The molecule has 2 aromatic carbocycles. The lowest BCUT2D eigenvalue weighted by Crippen LogP contribution is -2.44. The Labute approximate surface area is 794 Å². The normalized spacial score (nSPS) is 24.8. The number of rotatable bonds is 0. The first kappa shape index (κ1) is 115. The first-order valence-corrected chi connectivity index (χ1v) is 54.0. The van der Waals surface area contributed by atoms with Gasteiger partial charge in [-0.05, 0) is 315 Å². The van der Waals surface area contributed by atoms with Crippen molar-refractivity contribution in [2.24, 2.45) is 5.92 Å². The van der Waals surface area contributed by atoms with Gasteiger partial charge in [0.15, 0.2) is 0 Å². The van der Waals surface area contributed by atoms with Crippen LogP contribution < -0.4 is 10.6 Å². The maximum Gasteiger partial charge on any atom is 0.0989 e. The molecule has 2 atom stereocenters. The molecule has 17 heterocycles. The number of likely N-dealkylation sites (N-methyl/N-ethyl adjacent to an activating group) is 9. The Hall–Kier alpha value is -2.33. The molecule has 1 aromatic heterocycles. The van der Waals surface area contributed by atoms with E-state index in [-0.39, 0.29) is 0 Å². The number of benzene rings is 2. The average Bonchev–Trinajstić information content (AvgIpc) is 1.64. The van der Waals surface area contributed by atoms with Crippen LogP contribution in [0.3, 0.4) is 0 Å². The van der Waals surface area contributed by atoms with E-state index in [2.05, 4.69) is 296 Å². The number of piperidine rings is 2. The first-order chi connectivity index (χ1) is 61.7. The van der Waals surface area contributed by atoms with Gasteiger partial charge in [-0.1, -0.05) is 98.9 Å². The van der Waals surface area contributed by atoms with Crippen LogP contribution in [0.5, 0.6) is 0 Å². The van der Waals surface area contributed by atoms with Crippen LogP contribution in [0.1, 0.15) is 144 Å². The van der Waals surface area contributed by atoms with Crippen molar-refractivity contribution in [3.05, 3.63) is 95.2 Å². The molecule has 3 N–H and O–H groups in total. The van der Waals surface area contributed by atoms with E-state index in [4.69, 9.17) is 14.2 Å². The van der Waals surface area contributed by atoms with Crippen LogP contribution in [0.2, 0.25) is 0 Å². The lowest BCUT2D eigenvalue weighted by atomic mass is 9.79. The van der Waals surface area contributed by atoms with E-state index in [0.29, 0.717) is 0 Å². The molecule has 22 nitrogen and oxygen atoms in total. The number of ether oxygens (including phenoxy) is 3. The van der Waals surface area contributed by atoms with E-state index < -0.39 is 0 Å². The predicted molar refractivity (Wildman–Crippen MR) is 559 cm³/mol. The molecule has 127 heavy (non-hydrogen) atoms. The van der Waals surface area contributed by atoms with Gasteiger partial charge >= 0.3 is 0 Å². The maximum atomic E-state index is 5.22. The molecule has 0 spiro atoms. The Morgan fingerprint density at radius 2 is 0.748 bits per heavy atom. The fourth-order valence-electron chi connectivity index (χ4n) is 17.2. The van der Waals surface area contributed by atoms with Crippen molar-refractivity contribution in [1.82, 2.24) is 94.0 Å². The number of nitrogens with one attached hydrogen (secondary N) is 3. The van der Waals surface area contributed by atoms with Crippen LogP contribution in [0.15, 0.2) is 72.8 Å². The Morgan fingerprint density at radius 1 is 0.299 bits per heavy atom. The highest BCUT2D eigenvalue weighted by molar-refractivity contribution is 7.99. The number of nitrogens with zero attached hydrogens (tertiary/aromatic N) is 16. The predicted octanol–water partition coefficient (Wildman–Crippen LogP) is 12.7. The molecule has 16 aliphatic heterocycles. The molecule has 0 bridgehead atoms. The van der Waals surface area contributed by atoms with Gasteiger partial charge in [0, 0.05) is 209 Å². The molecule has 1 aliphatic carbocycles. The Kier molecular flexibility index (Phi) is 68.8. The summed E-state index contributed by atoms with van der Waals surface area (Å²) >= 11 is 6.14. The molecule has 736 valence electrons. The van der Waals surface area contributed by atoms with E-state index in [0.717, 1.165) is 130 Å². The van der Waals surface area contributed by atoms with E-state index in [1.807, 2.05) is 18.8 Å². The average molecular weight is 1830 g/mol. The Morgan fingerprint density at radius 3 is 1.26 bits per heavy atom. The van der Waals surface area contributed by atoms with Gasteiger partial charge in [0.05, 0.1) is 33.2 Å². The Bertz CT molecular complexity index is 2840. The molecule has 3 aromatic rings. The minimum Gasteiger partial charge on any atom is -0.380 e. The summed E-state index contributed by atoms with van der Waals surface area (Å²) in [6, 6.07) is 18.3. The number of aromatic amines is 1. The summed E-state index contributed by atoms with van der Waals surface area (Å²) in [7, 11) is 34.6. The topological polar surface area (TPSA) is 119 Å². The number of piperazine rings is 1. The highest BCUT2D eigenvalue weighted by atomic mass is 32.2. The summed E-state index contributed by atoms with van der Waals surface area (Å²) < 4.78 is 15.3. The third kappa shape index (κ3) is 60.0. The molecule has 25 heteroatoms. The number of fused-ring (bicyclic) bond motifs is 5. The van der Waals surface area contributed by atoms with Gasteiger partial charge in [0.25, 0.3) is 0 Å². The number of para-hydroxylation sites is 1. The van der Waals surface area contributed by atoms with Gasteiger partial charge in [-0.2, -0.15) is 23.5 Å². The lowest BCUT2D eigenvalue weighted by molar-refractivity contribution is 0.0503. The SMILES string of the molecule is CN1CC=CC1.CN1CC=CCC1.CN1CCCC1.CN1CCCC2CCCCC21.CN1CCCCC1.CN1CCCCCC1.CN1CCCNCC1.CN1CCCOCC1.CN1CCCSCC1.CN1CCNCC1.CN1CCOC1.CN1CCOCC1.CN1CCSC1.CN1CCSCC1.CN1CCc2c([nH]c3ccccc23)C1.CN1CCc2ccccc2C1. The minimum atomic E-state index is 0.819. The third-order valence-electron chi connectivity index (χ3n) is 26.0. The summed E-state index contributed by atoms with van der Waals surface area (Å²) in [5.74, 6) is 8.98. The highest BCUT2D eigenvalue weighted by Crippen LogP contribution is 2.34. The van der Waals surface area contributed by atoms with Crippen LogP contribution >= 0.6 is 35.3 Å². The zero-order valence-corrected chi connectivity index (χ0v) is 87.3. The fraction of sp³-hybridized carbons (Fsp3) is 0.824. The molecule has 12 saturated heterocycles. The molecule has 0 radical (unpaired) electrons. The summed E-state index contributed by atoms with van der Waals surface area (Å²) in [6.45, 7) is 45.5. The van der Waals surface area contributed by atoms with Gasteiger partial charge < -0.3 is 93.5 Å². The van der Waals surface area contributed by atoms with Gasteiger partial charge in [-0.3, -0.25) is 14.7 Å². The minimum absolute atomic E-state index is 0.819. The number of hydrogen-bond donors (Lipinski definition) is 3. The van der Waals surface area contributed by atoms with E-state index >= 15 is 0 Å². The van der Waals surface area contributed by atoms with Crippen molar-refractivity contribution >= 4 is 46.2 Å². The largest absolute Gasteiger partial charge is 0.380 e. The van der Waals surface area contributed by atoms with E-state index in [9.17, 15) is 0 Å². The number of thioether (sulfide) groups is 3. The van der Waals surface area contributed by atoms with Crippen molar-refractivity contribution in [3.63, 3.8) is 0 Å². The van der Waals surface area contributed by atoms with Crippen LogP contribution in [-0.4, -0.2) is 479 Å². The zero-order chi connectivity index (χ0) is 91.4. The molecule has 20 rings (SSSR count). The molecular formula is C102H197N19O3S3. The summed E-state index contributed by atoms with van der Waals surface area (Å²) in [5, 5.41) is 8.02. The number of aromatic nitrogens is 1. The van der Waals surface area contributed by atoms with Gasteiger partial charge in [-0.25, -0.2) is 0 Å². The number of likely N-dealkylation sites (tertiary alicyclic amines) is 4. The van der Waals surface area contributed by atoms with Crippen LogP contribution in [0, 0.1) is 5.92 Å². The third-order valence-corrected chi connectivity index (χ3v) is 29.1. The fourth-order valence-corrected chi connectivity index (χ4v) is 20.2. The van der Waals surface area contributed by atoms with Crippen molar-refractivity contribution in [3.8, 4) is 0 Å². The molecule has 17 aliphatic rings. The van der Waals surface area contributed by atoms with E-state index in [1.54, 1.807) is 0 Å². The molecule has 1 saturated carbocycles. The van der Waals surface area contributed by atoms with Crippen LogP contribution in [0.4, 0.5) is 0 Å². The summed E-state index contributed by atoms with van der Waals surface area (Å²) in [4.78, 5) is 41.0. The van der Waals surface area contributed by atoms with Crippen molar-refractivity contribution in [2.75, 3.05) is 390 Å². The molecule has 13 fully saturated rings. The quantitative estimate of drug-likeness (QED) is 0.185. The summed E-state index contributed by atoms with van der Waals surface area (Å²) in [5.41, 5.74) is 7.25. The van der Waals surface area contributed by atoms with Gasteiger partial charge in [-0.15, -0.1) is 11.8 Å². The Balaban J connectivity index is 0.000000242. The molecular weight excluding hydrogens is 1640 g/mol. The highest BCUT2D eigenvalue weighted by Gasteiger charge is 2.31. The number of morpholine rings is 1. The second-order valence-electron chi connectivity index (χ2n) is 38.5. The van der Waals surface area contributed by atoms with Crippen LogP contribution in [0.25, 0.3) is 10.9 Å². The van der Waals surface area contributed by atoms with Crippen molar-refractivity contribution in [1.29, 1.82) is 0 Å². The lowest BCUT2D eigenvalue weighted by Gasteiger charge is -2.42. The number of H-pyrrole nitrogens is 1. The van der Waals surface area contributed by atoms with Crippen molar-refractivity contribution in [2.45, 2.75) is 154 Å². The van der Waals surface area contributed by atoms with Gasteiger partial charge in [0.1, 0.15) is 0 Å². The van der Waals surface area contributed by atoms with Gasteiger partial charge in [0.2, 0.25) is 0 Å². The first-order valence-electron chi connectivity index (χ1n) is 50.5. The van der Waals surface area contributed by atoms with Crippen LogP contribution in [-0.2, 0) is 40.1 Å². The summed E-state index contributed by atoms with van der Waals surface area (Å²) in [6.07, 6.45) is 38.0. The monoisotopic (exact) mass is 1830 g/mol. The number of hydrogen-bond acceptors (Lipinski definition) is 24. The second-order valence-corrected chi connectivity index (χ2v) is 42.0. The standard InChI is InChI=1S/C12H14N2.C10H19N.C10H13N.C7H15N.C6H14N2.C6H13NO.C6H13NS.C6H13N.C6H11N.C5H12N2.C5H11NO.C5H11NS.C5H11N.C5H9N.C4H9NO.C4H9NS/c1-14-7-6-10-9-4-2-3-5-11(9)13-12(10)8-14;1-11-8-4-6-9-5-2-3-7-10(9)11;1-11-7-6-9-4-2-3-5-10(9)8-11;1-8-6-4-2-3-5-7-8;1-8-5-2-3-7-4-6-8;2*1-7-3-2-5-8-6-4-7;2*1-7-5-3-2-4-6-7;1-7-4-2-6-3-5-7;2*1-6-2-4-7-5-3-6;2*1-6-4-2-3-5-6;2*1-5-2-3-6-4-5/h2-5,13H,6-8H2,1H3;9-10H,2-8H2,1H3;2-5H,6-8H2,1H3;2-7H2,1H3;7H,2-6H2,1H3;2*2-6H2,1H3;2-6H2,1H3;2-3H,4-6H2,1H3;6H,2-5H2,1H3;2*2-5H2,1H3;2-5H2,1H3;2-3H,4-5H2,1H3;2*2-4H2,1H3. The maximum absolute atomic E-state index is 5.22. The molecule has 0 amide bonds. The van der Waals surface area contributed by atoms with E-state index in [1.165, 1.54) is 340 Å². The molecule has 2 unspecified atom stereocenters. The second kappa shape index (κ2) is 75.8.